The minimum absolute atomic E-state index is 0.148. The molecule has 0 aliphatic heterocycles. The number of aromatic carboxylic acids is 1. The van der Waals surface area contributed by atoms with Gasteiger partial charge in [0.2, 0.25) is 0 Å². The van der Waals surface area contributed by atoms with E-state index in [1.807, 2.05) is 32.0 Å². The van der Waals surface area contributed by atoms with Gasteiger partial charge in [-0.25, -0.2) is 9.18 Å². The molecule has 0 radical (unpaired) electrons. The Morgan fingerprint density at radius 1 is 1.12 bits per heavy atom. The second kappa shape index (κ2) is 9.20. The molecule has 0 spiro atoms. The molecule has 0 amide bonds. The minimum Gasteiger partial charge on any atom is -0.478 e. The standard InChI is InChI=1S/C27H22FN3O3/c1-16-13-21(17(2)30-24-6-4-3-5-20(24)27(33)34)22-15-25(18-7-9-19(28)10-8-18)31(12-11-29)26(32)23(22)14-16/h3-10,13-15,17,30H,12H2,1-2H3,(H,33,34)/t17-/m1/s1. The Morgan fingerprint density at radius 3 is 2.50 bits per heavy atom. The number of nitrogens with one attached hydrogen (secondary N) is 1. The fourth-order valence-electron chi connectivity index (χ4n) is 4.19. The van der Waals surface area contributed by atoms with Crippen molar-refractivity contribution < 1.29 is 14.3 Å². The number of carbonyl (C=O) groups is 1. The summed E-state index contributed by atoms with van der Waals surface area (Å²) in [6.07, 6.45) is 0. The monoisotopic (exact) mass is 455 g/mol. The van der Waals surface area contributed by atoms with E-state index in [2.05, 4.69) is 5.32 Å². The molecule has 0 saturated heterocycles. The summed E-state index contributed by atoms with van der Waals surface area (Å²) in [5, 5.41) is 23.3. The minimum atomic E-state index is -1.04. The van der Waals surface area contributed by atoms with Gasteiger partial charge in [0.1, 0.15) is 12.4 Å². The molecule has 0 aliphatic rings. The zero-order valence-electron chi connectivity index (χ0n) is 18.7. The highest BCUT2D eigenvalue weighted by atomic mass is 19.1. The number of aromatic nitrogens is 1. The lowest BCUT2D eigenvalue weighted by atomic mass is 9.95. The normalized spacial score (nSPS) is 11.7. The van der Waals surface area contributed by atoms with Crippen LogP contribution in [0.1, 0.15) is 34.5 Å². The topological polar surface area (TPSA) is 95.1 Å². The molecule has 0 saturated carbocycles. The van der Waals surface area contributed by atoms with Gasteiger partial charge in [0.05, 0.1) is 17.3 Å². The average molecular weight is 455 g/mol. The number of hydrogen-bond donors (Lipinski definition) is 2. The van der Waals surface area contributed by atoms with Gasteiger partial charge in [-0.2, -0.15) is 5.26 Å². The molecule has 0 bridgehead atoms. The van der Waals surface area contributed by atoms with E-state index in [9.17, 15) is 24.3 Å². The van der Waals surface area contributed by atoms with Crippen LogP contribution in [-0.2, 0) is 6.54 Å². The van der Waals surface area contributed by atoms with Gasteiger partial charge >= 0.3 is 5.97 Å². The summed E-state index contributed by atoms with van der Waals surface area (Å²) in [7, 11) is 0. The van der Waals surface area contributed by atoms with Crippen molar-refractivity contribution in [3.63, 3.8) is 0 Å². The second-order valence-corrected chi connectivity index (χ2v) is 8.12. The molecule has 6 nitrogen and oxygen atoms in total. The summed E-state index contributed by atoms with van der Waals surface area (Å²) in [6.45, 7) is 3.62. The largest absolute Gasteiger partial charge is 0.478 e. The molecule has 3 aromatic carbocycles. The predicted molar refractivity (Wildman–Crippen MR) is 129 cm³/mol. The molecule has 2 N–H and O–H groups in total. The molecular formula is C27H22FN3O3. The molecule has 1 atom stereocenters. The van der Waals surface area contributed by atoms with Crippen molar-refractivity contribution in [3.05, 3.63) is 99.6 Å². The highest BCUT2D eigenvalue weighted by Gasteiger charge is 2.19. The van der Waals surface area contributed by atoms with Gasteiger partial charge in [-0.1, -0.05) is 18.2 Å². The number of fused-ring (bicyclic) bond motifs is 1. The number of pyridine rings is 1. The third-order valence-corrected chi connectivity index (χ3v) is 5.77. The van der Waals surface area contributed by atoms with Crippen LogP contribution in [0.3, 0.4) is 0 Å². The van der Waals surface area contributed by atoms with Gasteiger partial charge in [-0.05, 0) is 84.5 Å². The van der Waals surface area contributed by atoms with Crippen molar-refractivity contribution in [2.24, 2.45) is 0 Å². The number of aryl methyl sites for hydroxylation is 1. The number of benzene rings is 3. The van der Waals surface area contributed by atoms with Gasteiger partial charge in [0.15, 0.2) is 0 Å². The number of nitriles is 1. The maximum absolute atomic E-state index is 13.5. The summed E-state index contributed by atoms with van der Waals surface area (Å²) < 4.78 is 14.9. The Morgan fingerprint density at radius 2 is 1.82 bits per heavy atom. The van der Waals surface area contributed by atoms with E-state index in [0.717, 1.165) is 11.1 Å². The highest BCUT2D eigenvalue weighted by Crippen LogP contribution is 2.31. The summed E-state index contributed by atoms with van der Waals surface area (Å²) in [5.41, 5.74) is 3.07. The lowest BCUT2D eigenvalue weighted by molar-refractivity contribution is 0.0698. The van der Waals surface area contributed by atoms with Crippen molar-refractivity contribution in [2.45, 2.75) is 26.4 Å². The quantitative estimate of drug-likeness (QED) is 0.400. The van der Waals surface area contributed by atoms with E-state index in [1.54, 1.807) is 36.4 Å². The predicted octanol–water partition coefficient (Wildman–Crippen LogP) is 5.51. The van der Waals surface area contributed by atoms with Crippen LogP contribution in [-0.4, -0.2) is 15.6 Å². The Hall–Kier alpha value is -4.44. The van der Waals surface area contributed by atoms with Crippen LogP contribution in [0.5, 0.6) is 0 Å². The summed E-state index contributed by atoms with van der Waals surface area (Å²) >= 11 is 0. The number of para-hydroxylation sites is 1. The van der Waals surface area contributed by atoms with E-state index >= 15 is 0 Å². The molecule has 0 aliphatic carbocycles. The SMILES string of the molecule is Cc1cc([C@@H](C)Nc2ccccc2C(=O)O)c2cc(-c3ccc(F)cc3)n(CC#N)c(=O)c2c1. The van der Waals surface area contributed by atoms with Crippen molar-refractivity contribution >= 4 is 22.4 Å². The number of nitrogens with zero attached hydrogens (tertiary/aromatic N) is 2. The molecular weight excluding hydrogens is 433 g/mol. The lowest BCUT2D eigenvalue weighted by Gasteiger charge is -2.21. The van der Waals surface area contributed by atoms with Crippen LogP contribution in [0.15, 0.2) is 71.5 Å². The Bertz CT molecular complexity index is 1500. The zero-order valence-corrected chi connectivity index (χ0v) is 18.7. The number of hydrogen-bond acceptors (Lipinski definition) is 4. The smallest absolute Gasteiger partial charge is 0.337 e. The van der Waals surface area contributed by atoms with Gasteiger partial charge in [-0.3, -0.25) is 9.36 Å². The number of anilines is 1. The van der Waals surface area contributed by atoms with Crippen LogP contribution in [0.2, 0.25) is 0 Å². The third kappa shape index (κ3) is 4.26. The Labute approximate surface area is 195 Å². The number of carboxylic acids is 1. The van der Waals surface area contributed by atoms with Crippen molar-refractivity contribution in [1.82, 2.24) is 4.57 Å². The van der Waals surface area contributed by atoms with Crippen LogP contribution >= 0.6 is 0 Å². The molecule has 7 heteroatoms. The van der Waals surface area contributed by atoms with Crippen molar-refractivity contribution in [2.75, 3.05) is 5.32 Å². The first kappa shape index (κ1) is 22.7. The highest BCUT2D eigenvalue weighted by molar-refractivity contribution is 5.94. The maximum atomic E-state index is 13.5. The number of carboxylic acid groups (broad SMARTS) is 1. The van der Waals surface area contributed by atoms with E-state index < -0.39 is 11.8 Å². The summed E-state index contributed by atoms with van der Waals surface area (Å²) in [6, 6.07) is 19.7. The van der Waals surface area contributed by atoms with Gasteiger partial charge in [0.25, 0.3) is 5.56 Å². The van der Waals surface area contributed by atoms with Crippen LogP contribution in [0, 0.1) is 24.1 Å². The molecule has 4 rings (SSSR count). The Kier molecular flexibility index (Phi) is 6.15. The average Bonchev–Trinajstić information content (AvgIpc) is 2.81. The van der Waals surface area contributed by atoms with E-state index in [-0.39, 0.29) is 23.7 Å². The molecule has 170 valence electrons. The third-order valence-electron chi connectivity index (χ3n) is 5.77. The Balaban J connectivity index is 1.93. The molecule has 1 aromatic heterocycles. The van der Waals surface area contributed by atoms with E-state index in [1.165, 1.54) is 22.8 Å². The first-order chi connectivity index (χ1) is 16.3. The lowest BCUT2D eigenvalue weighted by Crippen LogP contribution is -2.22. The van der Waals surface area contributed by atoms with Gasteiger partial charge in [-0.15, -0.1) is 0 Å². The van der Waals surface area contributed by atoms with E-state index in [4.69, 9.17) is 0 Å². The van der Waals surface area contributed by atoms with Crippen LogP contribution < -0.4 is 10.9 Å². The molecule has 4 aromatic rings. The fourth-order valence-corrected chi connectivity index (χ4v) is 4.19. The molecule has 0 fully saturated rings. The van der Waals surface area contributed by atoms with E-state index in [0.29, 0.717) is 27.7 Å². The first-order valence-corrected chi connectivity index (χ1v) is 10.7. The second-order valence-electron chi connectivity index (χ2n) is 8.12. The first-order valence-electron chi connectivity index (χ1n) is 10.7. The van der Waals surface area contributed by atoms with Gasteiger partial charge < -0.3 is 10.4 Å². The summed E-state index contributed by atoms with van der Waals surface area (Å²) in [4.78, 5) is 25.1. The van der Waals surface area contributed by atoms with Crippen molar-refractivity contribution in [3.8, 4) is 17.3 Å². The molecule has 34 heavy (non-hydrogen) atoms. The molecule has 0 unspecified atom stereocenters. The fraction of sp³-hybridized carbons (Fsp3) is 0.148. The molecule has 1 heterocycles. The number of halogens is 1. The van der Waals surface area contributed by atoms with Crippen molar-refractivity contribution in [1.29, 1.82) is 5.26 Å². The maximum Gasteiger partial charge on any atom is 0.337 e. The van der Waals surface area contributed by atoms with Gasteiger partial charge in [0, 0.05) is 17.1 Å². The number of rotatable bonds is 6. The zero-order chi connectivity index (χ0) is 24.4. The van der Waals surface area contributed by atoms with Crippen LogP contribution in [0.4, 0.5) is 10.1 Å². The summed E-state index contributed by atoms with van der Waals surface area (Å²) in [5.74, 6) is -1.44. The van der Waals surface area contributed by atoms with Crippen LogP contribution in [0.25, 0.3) is 22.0 Å².